The van der Waals surface area contributed by atoms with E-state index in [1.165, 1.54) is 76.2 Å². The van der Waals surface area contributed by atoms with Crippen LogP contribution in [-0.2, 0) is 6.54 Å². The minimum Gasteiger partial charge on any atom is -0.398 e. The summed E-state index contributed by atoms with van der Waals surface area (Å²) in [5.74, 6) is 0. The van der Waals surface area contributed by atoms with E-state index < -0.39 is 0 Å². The van der Waals surface area contributed by atoms with E-state index in [-0.39, 0.29) is 0 Å². The van der Waals surface area contributed by atoms with Crippen molar-refractivity contribution in [1.82, 2.24) is 5.32 Å². The zero-order valence-corrected chi connectivity index (χ0v) is 13.4. The molecule has 0 amide bonds. The third-order valence-electron chi connectivity index (χ3n) is 4.74. The van der Waals surface area contributed by atoms with Crippen LogP contribution in [0.15, 0.2) is 24.3 Å². The Balaban J connectivity index is 1.79. The van der Waals surface area contributed by atoms with Gasteiger partial charge in [-0.25, -0.2) is 0 Å². The second kappa shape index (κ2) is 9.83. The van der Waals surface area contributed by atoms with Crippen LogP contribution in [0.3, 0.4) is 0 Å². The van der Waals surface area contributed by atoms with Crippen molar-refractivity contribution in [2.24, 2.45) is 0 Å². The standard InChI is InChI=1S/C19H32N2/c20-19-15-11-10-12-17(19)16-21-18-13-8-6-4-2-1-3-5-7-9-14-18/h10-12,15,18,21H,1-9,13-14,16,20H2. The van der Waals surface area contributed by atoms with E-state index in [1.807, 2.05) is 12.1 Å². The molecule has 0 heterocycles. The van der Waals surface area contributed by atoms with E-state index in [0.29, 0.717) is 6.04 Å². The zero-order chi connectivity index (χ0) is 14.8. The summed E-state index contributed by atoms with van der Waals surface area (Å²) in [5.41, 5.74) is 8.19. The molecule has 0 aliphatic heterocycles. The molecule has 2 heteroatoms. The van der Waals surface area contributed by atoms with E-state index in [1.54, 1.807) is 0 Å². The Labute approximate surface area is 130 Å². The topological polar surface area (TPSA) is 38.0 Å². The first kappa shape index (κ1) is 16.4. The van der Waals surface area contributed by atoms with E-state index in [0.717, 1.165) is 12.2 Å². The van der Waals surface area contributed by atoms with Gasteiger partial charge in [0, 0.05) is 18.3 Å². The van der Waals surface area contributed by atoms with Crippen LogP contribution in [-0.4, -0.2) is 6.04 Å². The lowest BCUT2D eigenvalue weighted by Crippen LogP contribution is -2.29. The van der Waals surface area contributed by atoms with Crippen LogP contribution >= 0.6 is 0 Å². The van der Waals surface area contributed by atoms with Crippen molar-refractivity contribution in [2.45, 2.75) is 83.2 Å². The van der Waals surface area contributed by atoms with Crippen molar-refractivity contribution in [3.63, 3.8) is 0 Å². The third kappa shape index (κ3) is 6.52. The molecule has 2 nitrogen and oxygen atoms in total. The van der Waals surface area contributed by atoms with E-state index in [4.69, 9.17) is 5.73 Å². The van der Waals surface area contributed by atoms with Crippen LogP contribution in [0.1, 0.15) is 76.2 Å². The highest BCUT2D eigenvalue weighted by Gasteiger charge is 2.09. The Morgan fingerprint density at radius 2 is 1.33 bits per heavy atom. The summed E-state index contributed by atoms with van der Waals surface area (Å²) in [5, 5.41) is 3.75. The van der Waals surface area contributed by atoms with Gasteiger partial charge in [0.05, 0.1) is 0 Å². The molecule has 1 aromatic carbocycles. The molecule has 0 unspecified atom stereocenters. The minimum atomic E-state index is 0.670. The summed E-state index contributed by atoms with van der Waals surface area (Å²) >= 11 is 0. The summed E-state index contributed by atoms with van der Waals surface area (Å²) in [7, 11) is 0. The van der Waals surface area contributed by atoms with Gasteiger partial charge in [-0.15, -0.1) is 0 Å². The van der Waals surface area contributed by atoms with Gasteiger partial charge in [0.25, 0.3) is 0 Å². The normalized spacial score (nSPS) is 19.6. The number of nitrogens with one attached hydrogen (secondary N) is 1. The Hall–Kier alpha value is -1.02. The van der Waals surface area contributed by atoms with Crippen LogP contribution in [0, 0.1) is 0 Å². The van der Waals surface area contributed by atoms with Gasteiger partial charge in [0.1, 0.15) is 0 Å². The molecule has 118 valence electrons. The Kier molecular flexibility index (Phi) is 7.66. The smallest absolute Gasteiger partial charge is 0.0359 e. The number of benzene rings is 1. The van der Waals surface area contributed by atoms with Crippen molar-refractivity contribution < 1.29 is 0 Å². The van der Waals surface area contributed by atoms with E-state index >= 15 is 0 Å². The average molecular weight is 288 g/mol. The maximum atomic E-state index is 6.04. The van der Waals surface area contributed by atoms with Crippen molar-refractivity contribution >= 4 is 5.69 Å². The van der Waals surface area contributed by atoms with Gasteiger partial charge in [-0.3, -0.25) is 0 Å². The van der Waals surface area contributed by atoms with Crippen molar-refractivity contribution in [3.05, 3.63) is 29.8 Å². The van der Waals surface area contributed by atoms with Gasteiger partial charge < -0.3 is 11.1 Å². The highest BCUT2D eigenvalue weighted by atomic mass is 14.9. The molecule has 0 saturated heterocycles. The first-order valence-electron chi connectivity index (χ1n) is 8.93. The van der Waals surface area contributed by atoms with Crippen LogP contribution < -0.4 is 11.1 Å². The molecule has 3 N–H and O–H groups in total. The summed E-state index contributed by atoms with van der Waals surface area (Å²) < 4.78 is 0. The molecule has 21 heavy (non-hydrogen) atoms. The third-order valence-corrected chi connectivity index (χ3v) is 4.74. The summed E-state index contributed by atoms with van der Waals surface area (Å²) in [4.78, 5) is 0. The van der Waals surface area contributed by atoms with E-state index in [9.17, 15) is 0 Å². The molecule has 0 spiro atoms. The van der Waals surface area contributed by atoms with Crippen LogP contribution in [0.5, 0.6) is 0 Å². The first-order chi connectivity index (χ1) is 10.4. The molecule has 1 aliphatic carbocycles. The quantitative estimate of drug-likeness (QED) is 0.765. The highest BCUT2D eigenvalue weighted by molar-refractivity contribution is 5.46. The maximum Gasteiger partial charge on any atom is 0.0359 e. The number of nitrogen functional groups attached to an aromatic ring is 1. The van der Waals surface area contributed by atoms with Gasteiger partial charge >= 0.3 is 0 Å². The molecule has 0 radical (unpaired) electrons. The van der Waals surface area contributed by atoms with Crippen molar-refractivity contribution in [1.29, 1.82) is 0 Å². The number of nitrogens with two attached hydrogens (primary N) is 1. The van der Waals surface area contributed by atoms with Gasteiger partial charge in [0.2, 0.25) is 0 Å². The van der Waals surface area contributed by atoms with Crippen LogP contribution in [0.2, 0.25) is 0 Å². The lowest BCUT2D eigenvalue weighted by Gasteiger charge is -2.20. The highest BCUT2D eigenvalue weighted by Crippen LogP contribution is 2.18. The summed E-state index contributed by atoms with van der Waals surface area (Å²) in [6.45, 7) is 0.914. The fraction of sp³-hybridized carbons (Fsp3) is 0.684. The minimum absolute atomic E-state index is 0.670. The molecule has 1 saturated carbocycles. The predicted octanol–water partition coefficient (Wildman–Crippen LogP) is 5.03. The largest absolute Gasteiger partial charge is 0.398 e. The summed E-state index contributed by atoms with van der Waals surface area (Å²) in [6, 6.07) is 8.89. The van der Waals surface area contributed by atoms with Gasteiger partial charge in [-0.2, -0.15) is 0 Å². The molecule has 0 aromatic heterocycles. The second-order valence-electron chi connectivity index (χ2n) is 6.54. The summed E-state index contributed by atoms with van der Waals surface area (Å²) in [6.07, 6.45) is 15.4. The lowest BCUT2D eigenvalue weighted by molar-refractivity contribution is 0.403. The van der Waals surface area contributed by atoms with Crippen LogP contribution in [0.4, 0.5) is 5.69 Å². The number of hydrogen-bond acceptors (Lipinski definition) is 2. The number of para-hydroxylation sites is 1. The molecule has 1 fully saturated rings. The first-order valence-corrected chi connectivity index (χ1v) is 8.93. The monoisotopic (exact) mass is 288 g/mol. The maximum absolute atomic E-state index is 6.04. The molecule has 0 bridgehead atoms. The molecule has 0 atom stereocenters. The molecule has 1 aromatic rings. The second-order valence-corrected chi connectivity index (χ2v) is 6.54. The van der Waals surface area contributed by atoms with E-state index in [2.05, 4.69) is 17.4 Å². The number of hydrogen-bond donors (Lipinski definition) is 2. The molecule has 1 aliphatic rings. The SMILES string of the molecule is Nc1ccccc1CNC1CCCCCCCCCCC1. The number of rotatable bonds is 3. The lowest BCUT2D eigenvalue weighted by atomic mass is 9.97. The Bertz CT molecular complexity index is 377. The molecular weight excluding hydrogens is 256 g/mol. The van der Waals surface area contributed by atoms with Crippen LogP contribution in [0.25, 0.3) is 0 Å². The Morgan fingerprint density at radius 3 is 1.90 bits per heavy atom. The fourth-order valence-electron chi connectivity index (χ4n) is 3.32. The number of anilines is 1. The zero-order valence-electron chi connectivity index (χ0n) is 13.4. The van der Waals surface area contributed by atoms with Crippen molar-refractivity contribution in [3.8, 4) is 0 Å². The van der Waals surface area contributed by atoms with Gasteiger partial charge in [0.15, 0.2) is 0 Å². The fourth-order valence-corrected chi connectivity index (χ4v) is 3.32. The van der Waals surface area contributed by atoms with Crippen molar-refractivity contribution in [2.75, 3.05) is 5.73 Å². The predicted molar refractivity (Wildman–Crippen MR) is 92.3 cm³/mol. The molecular formula is C19H32N2. The Morgan fingerprint density at radius 1 is 0.810 bits per heavy atom. The van der Waals surface area contributed by atoms with Gasteiger partial charge in [-0.05, 0) is 24.5 Å². The van der Waals surface area contributed by atoms with Gasteiger partial charge in [-0.1, -0.05) is 76.0 Å². The molecule has 2 rings (SSSR count). The average Bonchev–Trinajstić information content (AvgIpc) is 2.48.